The second-order valence-corrected chi connectivity index (χ2v) is 5.80. The topological polar surface area (TPSA) is 69.2 Å². The monoisotopic (exact) mass is 341 g/mol. The molecule has 1 aliphatic heterocycles. The van der Waals surface area contributed by atoms with Gasteiger partial charge in [-0.15, -0.1) is 0 Å². The molecular weight excluding hydrogens is 329 g/mol. The van der Waals surface area contributed by atoms with Gasteiger partial charge in [-0.05, 0) is 18.2 Å². The average Bonchev–Trinajstić information content (AvgIpc) is 3.00. The van der Waals surface area contributed by atoms with Crippen LogP contribution in [0.2, 0.25) is 0 Å². The maximum Gasteiger partial charge on any atom is 0.275 e. The number of hydrogen-bond acceptors (Lipinski definition) is 3. The molecule has 2 aromatic rings. The second kappa shape index (κ2) is 5.14. The third-order valence-corrected chi connectivity index (χ3v) is 4.06. The second-order valence-electron chi connectivity index (χ2n) is 4.89. The lowest BCUT2D eigenvalue weighted by Gasteiger charge is -2.21. The lowest BCUT2D eigenvalue weighted by atomic mass is 10.2. The first-order valence-corrected chi connectivity index (χ1v) is 7.09. The lowest BCUT2D eigenvalue weighted by molar-refractivity contribution is 0.0669. The SMILES string of the molecule is O=C(c1n[nH]c2ccc(Br)cc12)N1C[C@@H](F)C[C@H]1CO. The number of likely N-dealkylation sites (tertiary alicyclic amines) is 1. The first kappa shape index (κ1) is 13.5. The molecule has 0 aliphatic carbocycles. The Labute approximate surface area is 122 Å². The van der Waals surface area contributed by atoms with Crippen LogP contribution in [0.1, 0.15) is 16.9 Å². The Hall–Kier alpha value is -1.47. The van der Waals surface area contributed by atoms with Crippen molar-refractivity contribution in [2.45, 2.75) is 18.6 Å². The summed E-state index contributed by atoms with van der Waals surface area (Å²) in [5.41, 5.74) is 1.00. The van der Waals surface area contributed by atoms with Gasteiger partial charge in [-0.3, -0.25) is 9.89 Å². The lowest BCUT2D eigenvalue weighted by Crippen LogP contribution is -2.38. The summed E-state index contributed by atoms with van der Waals surface area (Å²) in [6.07, 6.45) is -0.915. The van der Waals surface area contributed by atoms with Gasteiger partial charge >= 0.3 is 0 Å². The zero-order chi connectivity index (χ0) is 14.3. The molecule has 2 N–H and O–H groups in total. The minimum atomic E-state index is -1.09. The standard InChI is InChI=1S/C13H13BrFN3O2/c14-7-1-2-11-10(3-7)12(17-16-11)13(20)18-5-8(15)4-9(18)6-19/h1-3,8-9,19H,4-6H2,(H,16,17)/t8-,9-/m0/s1. The fourth-order valence-corrected chi connectivity index (χ4v) is 2.93. The van der Waals surface area contributed by atoms with E-state index in [1.54, 1.807) is 6.07 Å². The van der Waals surface area contributed by atoms with Crippen molar-refractivity contribution in [3.8, 4) is 0 Å². The van der Waals surface area contributed by atoms with E-state index in [-0.39, 0.29) is 31.2 Å². The molecule has 5 nitrogen and oxygen atoms in total. The van der Waals surface area contributed by atoms with Crippen LogP contribution >= 0.6 is 15.9 Å². The molecule has 20 heavy (non-hydrogen) atoms. The predicted molar refractivity (Wildman–Crippen MR) is 75.2 cm³/mol. The first-order chi connectivity index (χ1) is 9.60. The van der Waals surface area contributed by atoms with Crippen molar-refractivity contribution < 1.29 is 14.3 Å². The summed E-state index contributed by atoms with van der Waals surface area (Å²) >= 11 is 3.35. The van der Waals surface area contributed by atoms with Crippen LogP contribution in [0.15, 0.2) is 22.7 Å². The highest BCUT2D eigenvalue weighted by Crippen LogP contribution is 2.26. The Morgan fingerprint density at radius 3 is 3.15 bits per heavy atom. The van der Waals surface area contributed by atoms with Gasteiger partial charge in [0, 0.05) is 16.3 Å². The summed E-state index contributed by atoms with van der Waals surface area (Å²) in [4.78, 5) is 13.9. The summed E-state index contributed by atoms with van der Waals surface area (Å²) in [6.45, 7) is -0.232. The van der Waals surface area contributed by atoms with Crippen molar-refractivity contribution in [1.82, 2.24) is 15.1 Å². The molecule has 1 amide bonds. The molecule has 2 atom stereocenters. The van der Waals surface area contributed by atoms with Crippen LogP contribution in [0.5, 0.6) is 0 Å². The summed E-state index contributed by atoms with van der Waals surface area (Å²) < 4.78 is 14.3. The number of hydrogen-bond donors (Lipinski definition) is 2. The number of alkyl halides is 1. The first-order valence-electron chi connectivity index (χ1n) is 6.29. The third kappa shape index (κ3) is 2.20. The molecule has 3 rings (SSSR count). The van der Waals surface area contributed by atoms with Gasteiger partial charge < -0.3 is 10.0 Å². The highest BCUT2D eigenvalue weighted by Gasteiger charge is 2.36. The zero-order valence-corrected chi connectivity index (χ0v) is 12.1. The van der Waals surface area contributed by atoms with Crippen LogP contribution in [-0.2, 0) is 0 Å². The summed E-state index contributed by atoms with van der Waals surface area (Å²) in [5.74, 6) is -0.353. The number of aromatic nitrogens is 2. The van der Waals surface area contributed by atoms with Gasteiger partial charge in [-0.1, -0.05) is 15.9 Å². The van der Waals surface area contributed by atoms with Crippen molar-refractivity contribution in [3.63, 3.8) is 0 Å². The van der Waals surface area contributed by atoms with Crippen molar-refractivity contribution >= 4 is 32.7 Å². The molecule has 1 fully saturated rings. The molecule has 0 bridgehead atoms. The van der Waals surface area contributed by atoms with Gasteiger partial charge in [0.1, 0.15) is 6.17 Å². The van der Waals surface area contributed by atoms with E-state index in [0.29, 0.717) is 5.39 Å². The van der Waals surface area contributed by atoms with E-state index in [9.17, 15) is 14.3 Å². The number of nitrogens with one attached hydrogen (secondary N) is 1. The number of amides is 1. The van der Waals surface area contributed by atoms with Gasteiger partial charge in [0.15, 0.2) is 5.69 Å². The zero-order valence-electron chi connectivity index (χ0n) is 10.5. The maximum absolute atomic E-state index is 13.5. The van der Waals surface area contributed by atoms with Crippen molar-refractivity contribution in [2.75, 3.05) is 13.2 Å². The van der Waals surface area contributed by atoms with E-state index in [2.05, 4.69) is 26.1 Å². The molecule has 0 unspecified atom stereocenters. The number of H-pyrrole nitrogens is 1. The normalized spacial score (nSPS) is 22.6. The van der Waals surface area contributed by atoms with E-state index in [0.717, 1.165) is 9.99 Å². The molecule has 1 saturated heterocycles. The largest absolute Gasteiger partial charge is 0.394 e. The molecule has 0 spiro atoms. The Morgan fingerprint density at radius 1 is 1.60 bits per heavy atom. The molecule has 7 heteroatoms. The molecule has 1 aromatic carbocycles. The molecular formula is C13H13BrFN3O2. The van der Waals surface area contributed by atoms with Gasteiger partial charge in [0.25, 0.3) is 5.91 Å². The molecule has 106 valence electrons. The van der Waals surface area contributed by atoms with Crippen LogP contribution in [0.25, 0.3) is 10.9 Å². The molecule has 2 heterocycles. The number of fused-ring (bicyclic) bond motifs is 1. The number of carbonyl (C=O) groups is 1. The van der Waals surface area contributed by atoms with Crippen LogP contribution in [0.3, 0.4) is 0 Å². The van der Waals surface area contributed by atoms with Crippen molar-refractivity contribution in [1.29, 1.82) is 0 Å². The van der Waals surface area contributed by atoms with E-state index in [1.807, 2.05) is 12.1 Å². The third-order valence-electron chi connectivity index (χ3n) is 3.56. The number of carbonyl (C=O) groups excluding carboxylic acids is 1. The number of aliphatic hydroxyl groups excluding tert-OH is 1. The van der Waals surface area contributed by atoms with E-state index in [4.69, 9.17) is 0 Å². The quantitative estimate of drug-likeness (QED) is 0.876. The van der Waals surface area contributed by atoms with Crippen molar-refractivity contribution in [2.24, 2.45) is 0 Å². The van der Waals surface area contributed by atoms with Crippen LogP contribution < -0.4 is 0 Å². The Morgan fingerprint density at radius 2 is 2.40 bits per heavy atom. The highest BCUT2D eigenvalue weighted by molar-refractivity contribution is 9.10. The fourth-order valence-electron chi connectivity index (χ4n) is 2.57. The fraction of sp³-hybridized carbons (Fsp3) is 0.385. The average molecular weight is 342 g/mol. The molecule has 0 saturated carbocycles. The smallest absolute Gasteiger partial charge is 0.275 e. The number of benzene rings is 1. The number of nitrogens with zero attached hydrogens (tertiary/aromatic N) is 2. The minimum Gasteiger partial charge on any atom is -0.394 e. The summed E-state index contributed by atoms with van der Waals surface area (Å²) in [6, 6.07) is 4.98. The highest BCUT2D eigenvalue weighted by atomic mass is 79.9. The number of aliphatic hydroxyl groups is 1. The number of rotatable bonds is 2. The van der Waals surface area contributed by atoms with Crippen LogP contribution in [0.4, 0.5) is 4.39 Å². The van der Waals surface area contributed by atoms with E-state index < -0.39 is 12.2 Å². The van der Waals surface area contributed by atoms with E-state index in [1.165, 1.54) is 4.90 Å². The van der Waals surface area contributed by atoms with Gasteiger partial charge in [0.05, 0.1) is 24.7 Å². The number of aromatic amines is 1. The summed E-state index contributed by atoms with van der Waals surface area (Å²) in [5, 5.41) is 16.8. The predicted octanol–water partition coefficient (Wildman–Crippen LogP) is 1.87. The van der Waals surface area contributed by atoms with Gasteiger partial charge in [0.2, 0.25) is 0 Å². The molecule has 1 aromatic heterocycles. The molecule has 1 aliphatic rings. The Balaban J connectivity index is 1.98. The van der Waals surface area contributed by atoms with Gasteiger partial charge in [-0.25, -0.2) is 4.39 Å². The Bertz CT molecular complexity index is 660. The van der Waals surface area contributed by atoms with Crippen molar-refractivity contribution in [3.05, 3.63) is 28.4 Å². The summed E-state index contributed by atoms with van der Waals surface area (Å²) in [7, 11) is 0. The van der Waals surface area contributed by atoms with Crippen LogP contribution in [0, 0.1) is 0 Å². The van der Waals surface area contributed by atoms with Crippen LogP contribution in [-0.4, -0.2) is 51.5 Å². The Kier molecular flexibility index (Phi) is 3.47. The number of halogens is 2. The minimum absolute atomic E-state index is 0.00637. The molecule has 0 radical (unpaired) electrons. The maximum atomic E-state index is 13.5. The van der Waals surface area contributed by atoms with E-state index >= 15 is 0 Å². The van der Waals surface area contributed by atoms with Gasteiger partial charge in [-0.2, -0.15) is 5.10 Å².